The Kier molecular flexibility index (Phi) is 3.09. The van der Waals surface area contributed by atoms with Crippen LogP contribution < -0.4 is 0 Å². The van der Waals surface area contributed by atoms with Crippen LogP contribution in [0.4, 0.5) is 0 Å². The third-order valence-corrected chi connectivity index (χ3v) is 2.72. The highest BCUT2D eigenvalue weighted by atomic mass is 16.5. The van der Waals surface area contributed by atoms with Crippen LogP contribution in [0.2, 0.25) is 0 Å². The SMILES string of the molecule is CC1=NCC(C)(C(=O)/C=C/c2ccccc2)O1. The van der Waals surface area contributed by atoms with Crippen molar-refractivity contribution in [2.75, 3.05) is 6.54 Å². The largest absolute Gasteiger partial charge is 0.465 e. The predicted octanol–water partition coefficient (Wildman–Crippen LogP) is 2.48. The van der Waals surface area contributed by atoms with Gasteiger partial charge in [-0.25, -0.2) is 0 Å². The molecule has 0 bridgehead atoms. The van der Waals surface area contributed by atoms with Gasteiger partial charge in [0.25, 0.3) is 0 Å². The molecule has 0 amide bonds. The lowest BCUT2D eigenvalue weighted by atomic mass is 10.0. The molecule has 1 unspecified atom stereocenters. The van der Waals surface area contributed by atoms with E-state index >= 15 is 0 Å². The highest BCUT2D eigenvalue weighted by molar-refractivity contribution is 6.02. The van der Waals surface area contributed by atoms with Crippen LogP contribution in [0.15, 0.2) is 41.4 Å². The Labute approximate surface area is 101 Å². The predicted molar refractivity (Wildman–Crippen MR) is 67.9 cm³/mol. The number of hydrogen-bond acceptors (Lipinski definition) is 3. The van der Waals surface area contributed by atoms with Crippen LogP contribution in [0, 0.1) is 0 Å². The standard InChI is InChI=1S/C14H15NO2/c1-11-15-10-14(2,17-11)13(16)9-8-12-6-4-3-5-7-12/h3-9H,10H2,1-2H3/b9-8+. The smallest absolute Gasteiger partial charge is 0.200 e. The first-order valence-electron chi connectivity index (χ1n) is 5.58. The van der Waals surface area contributed by atoms with Crippen molar-refractivity contribution in [1.29, 1.82) is 0 Å². The molecule has 3 nitrogen and oxygen atoms in total. The maximum atomic E-state index is 12.0. The fourth-order valence-electron chi connectivity index (χ4n) is 1.69. The van der Waals surface area contributed by atoms with Crippen LogP contribution in [0.5, 0.6) is 0 Å². The number of carbonyl (C=O) groups excluding carboxylic acids is 1. The first-order valence-corrected chi connectivity index (χ1v) is 5.58. The van der Waals surface area contributed by atoms with Gasteiger partial charge in [-0.2, -0.15) is 0 Å². The summed E-state index contributed by atoms with van der Waals surface area (Å²) < 4.78 is 5.45. The van der Waals surface area contributed by atoms with Crippen LogP contribution in [-0.2, 0) is 9.53 Å². The Morgan fingerprint density at radius 3 is 2.71 bits per heavy atom. The first kappa shape index (κ1) is 11.6. The number of rotatable bonds is 3. The Balaban J connectivity index is 2.05. The van der Waals surface area contributed by atoms with Gasteiger partial charge in [0.2, 0.25) is 5.78 Å². The number of aliphatic imine (C=N–C) groups is 1. The molecule has 0 N–H and O–H groups in total. The van der Waals surface area contributed by atoms with Gasteiger partial charge >= 0.3 is 0 Å². The highest BCUT2D eigenvalue weighted by Crippen LogP contribution is 2.20. The van der Waals surface area contributed by atoms with E-state index < -0.39 is 5.60 Å². The number of hydrogen-bond donors (Lipinski definition) is 0. The number of ketones is 1. The van der Waals surface area contributed by atoms with Crippen molar-refractivity contribution in [2.45, 2.75) is 19.4 Å². The third-order valence-electron chi connectivity index (χ3n) is 2.72. The van der Waals surface area contributed by atoms with Crippen molar-refractivity contribution >= 4 is 17.8 Å². The molecule has 0 radical (unpaired) electrons. The minimum Gasteiger partial charge on any atom is -0.465 e. The zero-order chi connectivity index (χ0) is 12.3. The van der Waals surface area contributed by atoms with Gasteiger partial charge in [0.05, 0.1) is 6.54 Å². The molecule has 88 valence electrons. The van der Waals surface area contributed by atoms with Crippen molar-refractivity contribution in [3.05, 3.63) is 42.0 Å². The van der Waals surface area contributed by atoms with Gasteiger partial charge in [0.15, 0.2) is 11.5 Å². The molecule has 1 atom stereocenters. The Morgan fingerprint density at radius 1 is 1.41 bits per heavy atom. The molecule has 1 heterocycles. The molecular formula is C14H15NO2. The summed E-state index contributed by atoms with van der Waals surface area (Å²) in [6.45, 7) is 3.93. The number of ether oxygens (including phenoxy) is 1. The molecule has 1 aliphatic rings. The molecule has 1 aromatic carbocycles. The lowest BCUT2D eigenvalue weighted by molar-refractivity contribution is -0.127. The number of benzene rings is 1. The van der Waals surface area contributed by atoms with E-state index in [0.29, 0.717) is 12.4 Å². The van der Waals surface area contributed by atoms with Crippen LogP contribution in [0.3, 0.4) is 0 Å². The lowest BCUT2D eigenvalue weighted by Gasteiger charge is -2.19. The molecule has 2 rings (SSSR count). The first-order chi connectivity index (χ1) is 8.10. The Morgan fingerprint density at radius 2 is 2.12 bits per heavy atom. The van der Waals surface area contributed by atoms with Gasteiger partial charge in [-0.05, 0) is 18.6 Å². The molecule has 0 spiro atoms. The van der Waals surface area contributed by atoms with Crippen molar-refractivity contribution in [1.82, 2.24) is 0 Å². The molecule has 17 heavy (non-hydrogen) atoms. The summed E-state index contributed by atoms with van der Waals surface area (Å²) in [4.78, 5) is 16.1. The summed E-state index contributed by atoms with van der Waals surface area (Å²) in [5.41, 5.74) is 0.176. The van der Waals surface area contributed by atoms with Crippen molar-refractivity contribution < 1.29 is 9.53 Å². The van der Waals surface area contributed by atoms with Crippen LogP contribution >= 0.6 is 0 Å². The topological polar surface area (TPSA) is 38.7 Å². The van der Waals surface area contributed by atoms with E-state index in [2.05, 4.69) is 4.99 Å². The zero-order valence-electron chi connectivity index (χ0n) is 10.0. The van der Waals surface area contributed by atoms with Crippen molar-refractivity contribution in [3.8, 4) is 0 Å². The average Bonchev–Trinajstić information content (AvgIpc) is 2.69. The summed E-state index contributed by atoms with van der Waals surface area (Å²) in [5, 5.41) is 0. The fraction of sp³-hybridized carbons (Fsp3) is 0.286. The van der Waals surface area contributed by atoms with E-state index in [1.165, 1.54) is 0 Å². The zero-order valence-corrected chi connectivity index (χ0v) is 10.0. The minimum absolute atomic E-state index is 0.0537. The molecule has 0 saturated heterocycles. The maximum absolute atomic E-state index is 12.0. The third kappa shape index (κ3) is 2.61. The number of nitrogens with zero attached hydrogens (tertiary/aromatic N) is 1. The molecule has 1 aromatic rings. The summed E-state index contributed by atoms with van der Waals surface area (Å²) in [7, 11) is 0. The second-order valence-corrected chi connectivity index (χ2v) is 4.28. The molecule has 0 saturated carbocycles. The molecule has 1 aliphatic heterocycles. The molecule has 0 aromatic heterocycles. The Hall–Kier alpha value is -1.90. The maximum Gasteiger partial charge on any atom is 0.200 e. The highest BCUT2D eigenvalue weighted by Gasteiger charge is 2.37. The van der Waals surface area contributed by atoms with Gasteiger partial charge in [-0.15, -0.1) is 0 Å². The summed E-state index contributed by atoms with van der Waals surface area (Å²) in [6.07, 6.45) is 3.36. The second-order valence-electron chi connectivity index (χ2n) is 4.28. The normalized spacial score (nSPS) is 23.5. The van der Waals surface area contributed by atoms with Gasteiger partial charge in [0.1, 0.15) is 0 Å². The monoisotopic (exact) mass is 229 g/mol. The lowest BCUT2D eigenvalue weighted by Crippen LogP contribution is -2.37. The van der Waals surface area contributed by atoms with Crippen molar-refractivity contribution in [2.24, 2.45) is 4.99 Å². The second kappa shape index (κ2) is 4.53. The minimum atomic E-state index is -0.824. The average molecular weight is 229 g/mol. The summed E-state index contributed by atoms with van der Waals surface area (Å²) in [6, 6.07) is 9.71. The number of carbonyl (C=O) groups is 1. The van der Waals surface area contributed by atoms with E-state index in [9.17, 15) is 4.79 Å². The van der Waals surface area contributed by atoms with Gasteiger partial charge in [-0.1, -0.05) is 36.4 Å². The van der Waals surface area contributed by atoms with E-state index in [0.717, 1.165) is 5.56 Å². The van der Waals surface area contributed by atoms with Gasteiger partial charge in [-0.3, -0.25) is 9.79 Å². The van der Waals surface area contributed by atoms with Gasteiger partial charge in [0, 0.05) is 6.92 Å². The van der Waals surface area contributed by atoms with E-state index in [1.54, 1.807) is 26.0 Å². The van der Waals surface area contributed by atoms with E-state index in [1.807, 2.05) is 30.3 Å². The van der Waals surface area contributed by atoms with Crippen LogP contribution in [0.25, 0.3) is 6.08 Å². The van der Waals surface area contributed by atoms with Crippen molar-refractivity contribution in [3.63, 3.8) is 0 Å². The fourth-order valence-corrected chi connectivity index (χ4v) is 1.69. The van der Waals surface area contributed by atoms with Crippen LogP contribution in [-0.4, -0.2) is 23.8 Å². The molecule has 0 fully saturated rings. The van der Waals surface area contributed by atoms with E-state index in [4.69, 9.17) is 4.74 Å². The Bertz CT molecular complexity index is 476. The molecular weight excluding hydrogens is 214 g/mol. The molecule has 0 aliphatic carbocycles. The van der Waals surface area contributed by atoms with E-state index in [-0.39, 0.29) is 5.78 Å². The molecule has 3 heteroatoms. The summed E-state index contributed by atoms with van der Waals surface area (Å²) >= 11 is 0. The summed E-state index contributed by atoms with van der Waals surface area (Å²) in [5.74, 6) is 0.524. The van der Waals surface area contributed by atoms with Gasteiger partial charge < -0.3 is 4.74 Å². The quantitative estimate of drug-likeness (QED) is 0.747. The van der Waals surface area contributed by atoms with Crippen LogP contribution in [0.1, 0.15) is 19.4 Å².